The molecule has 0 fully saturated rings. The van der Waals surface area contributed by atoms with Crippen molar-refractivity contribution in [2.24, 2.45) is 0 Å². The van der Waals surface area contributed by atoms with Gasteiger partial charge in [0.05, 0.1) is 9.83 Å². The highest BCUT2D eigenvalue weighted by Crippen LogP contribution is 2.29. The predicted octanol–water partition coefficient (Wildman–Crippen LogP) is 4.77. The van der Waals surface area contributed by atoms with Crippen LogP contribution in [0.5, 0.6) is 0 Å². The van der Waals surface area contributed by atoms with E-state index in [0.29, 0.717) is 12.1 Å². The summed E-state index contributed by atoms with van der Waals surface area (Å²) in [6, 6.07) is 4.98. The Balaban J connectivity index is 2.04. The summed E-state index contributed by atoms with van der Waals surface area (Å²) in [5, 5.41) is 6.85. The van der Waals surface area contributed by atoms with Gasteiger partial charge in [0.1, 0.15) is 5.01 Å². The normalized spacial score (nSPS) is 14.8. The van der Waals surface area contributed by atoms with Crippen LogP contribution >= 0.6 is 38.6 Å². The number of thiazole rings is 1. The number of hydrogen-bond donors (Lipinski definition) is 1. The maximum Gasteiger partial charge on any atom is 0.109 e. The third kappa shape index (κ3) is 3.37. The molecule has 5 heteroatoms. The van der Waals surface area contributed by atoms with Crippen molar-refractivity contribution in [3.63, 3.8) is 0 Å². The Kier molecular flexibility index (Phi) is 4.73. The molecule has 2 heterocycles. The minimum Gasteiger partial charge on any atom is -0.300 e. The van der Waals surface area contributed by atoms with E-state index in [4.69, 9.17) is 0 Å². The number of thiophene rings is 1. The molecule has 2 aromatic heterocycles. The second kappa shape index (κ2) is 6.09. The zero-order valence-electron chi connectivity index (χ0n) is 9.81. The van der Waals surface area contributed by atoms with E-state index >= 15 is 0 Å². The lowest BCUT2D eigenvalue weighted by atomic mass is 10.2. The number of aromatic nitrogens is 1. The minimum atomic E-state index is 0.353. The first kappa shape index (κ1) is 13.2. The quantitative estimate of drug-likeness (QED) is 0.854. The standard InChI is InChI=1S/C12H15BrN2S2/c1-3-9(12-14-6-7-16-12)15-8(2)10-4-5-11(13)17-10/h4-9,15H,3H2,1-2H3. The molecule has 2 atom stereocenters. The number of nitrogens with zero attached hydrogens (tertiary/aromatic N) is 1. The second-order valence-electron chi connectivity index (χ2n) is 3.86. The maximum atomic E-state index is 4.39. The average Bonchev–Trinajstić information content (AvgIpc) is 2.96. The fraction of sp³-hybridized carbons (Fsp3) is 0.417. The molecule has 0 saturated heterocycles. The van der Waals surface area contributed by atoms with E-state index in [0.717, 1.165) is 6.42 Å². The Hall–Kier alpha value is -0.230. The van der Waals surface area contributed by atoms with Crippen LogP contribution in [-0.2, 0) is 0 Å². The van der Waals surface area contributed by atoms with Gasteiger partial charge in [0, 0.05) is 22.5 Å². The summed E-state index contributed by atoms with van der Waals surface area (Å²) in [5.41, 5.74) is 0. The summed E-state index contributed by atoms with van der Waals surface area (Å²) in [6.07, 6.45) is 2.93. The number of nitrogens with one attached hydrogen (secondary N) is 1. The summed E-state index contributed by atoms with van der Waals surface area (Å²) in [4.78, 5) is 5.74. The van der Waals surface area contributed by atoms with E-state index < -0.39 is 0 Å². The summed E-state index contributed by atoms with van der Waals surface area (Å²) in [6.45, 7) is 4.39. The largest absolute Gasteiger partial charge is 0.300 e. The molecule has 0 amide bonds. The van der Waals surface area contributed by atoms with Crippen LogP contribution in [0, 0.1) is 0 Å². The first-order valence-electron chi connectivity index (χ1n) is 5.61. The SMILES string of the molecule is CCC(NC(C)c1ccc(Br)s1)c1nccs1. The molecule has 17 heavy (non-hydrogen) atoms. The molecule has 0 spiro atoms. The van der Waals surface area contributed by atoms with Crippen molar-refractivity contribution in [2.45, 2.75) is 32.4 Å². The molecule has 0 aliphatic rings. The lowest BCUT2D eigenvalue weighted by molar-refractivity contribution is 0.459. The fourth-order valence-electron chi connectivity index (χ4n) is 1.72. The minimum absolute atomic E-state index is 0.353. The van der Waals surface area contributed by atoms with Crippen LogP contribution in [0.3, 0.4) is 0 Å². The van der Waals surface area contributed by atoms with Gasteiger partial charge in [-0.15, -0.1) is 22.7 Å². The Bertz CT molecular complexity index is 453. The van der Waals surface area contributed by atoms with Gasteiger partial charge in [-0.1, -0.05) is 6.92 Å². The van der Waals surface area contributed by atoms with Crippen LogP contribution in [-0.4, -0.2) is 4.98 Å². The van der Waals surface area contributed by atoms with Gasteiger partial charge in [-0.25, -0.2) is 4.98 Å². The first-order valence-corrected chi connectivity index (χ1v) is 8.10. The molecule has 2 unspecified atom stereocenters. The van der Waals surface area contributed by atoms with Crippen molar-refractivity contribution in [2.75, 3.05) is 0 Å². The number of rotatable bonds is 5. The van der Waals surface area contributed by atoms with Gasteiger partial charge in [0.2, 0.25) is 0 Å². The van der Waals surface area contributed by atoms with Gasteiger partial charge in [-0.05, 0) is 41.4 Å². The molecule has 1 N–H and O–H groups in total. The van der Waals surface area contributed by atoms with Gasteiger partial charge in [0.25, 0.3) is 0 Å². The maximum absolute atomic E-state index is 4.39. The molecule has 92 valence electrons. The highest BCUT2D eigenvalue weighted by molar-refractivity contribution is 9.11. The van der Waals surface area contributed by atoms with Gasteiger partial charge in [0.15, 0.2) is 0 Å². The molecule has 0 saturated carbocycles. The molecule has 2 rings (SSSR count). The van der Waals surface area contributed by atoms with Crippen molar-refractivity contribution >= 4 is 38.6 Å². The predicted molar refractivity (Wildman–Crippen MR) is 78.7 cm³/mol. The molecular weight excluding hydrogens is 316 g/mol. The molecule has 0 radical (unpaired) electrons. The van der Waals surface area contributed by atoms with Gasteiger partial charge < -0.3 is 5.32 Å². The summed E-state index contributed by atoms with van der Waals surface area (Å²) < 4.78 is 1.18. The van der Waals surface area contributed by atoms with Crippen molar-refractivity contribution in [1.82, 2.24) is 10.3 Å². The van der Waals surface area contributed by atoms with Crippen molar-refractivity contribution in [1.29, 1.82) is 0 Å². The van der Waals surface area contributed by atoms with E-state index in [2.05, 4.69) is 52.2 Å². The smallest absolute Gasteiger partial charge is 0.109 e. The highest BCUT2D eigenvalue weighted by atomic mass is 79.9. The van der Waals surface area contributed by atoms with Gasteiger partial charge in [-0.2, -0.15) is 0 Å². The number of halogens is 1. The van der Waals surface area contributed by atoms with E-state index in [9.17, 15) is 0 Å². The van der Waals surface area contributed by atoms with Crippen molar-refractivity contribution in [3.8, 4) is 0 Å². The second-order valence-corrected chi connectivity index (χ2v) is 7.28. The van der Waals surface area contributed by atoms with E-state index in [1.54, 1.807) is 22.7 Å². The van der Waals surface area contributed by atoms with Crippen LogP contribution in [0.15, 0.2) is 27.5 Å². The summed E-state index contributed by atoms with van der Waals surface area (Å²) in [5.74, 6) is 0. The molecule has 0 aliphatic carbocycles. The first-order chi connectivity index (χ1) is 8.20. The average molecular weight is 331 g/mol. The highest BCUT2D eigenvalue weighted by Gasteiger charge is 2.16. The van der Waals surface area contributed by atoms with Gasteiger partial charge >= 0.3 is 0 Å². The van der Waals surface area contributed by atoms with E-state index in [1.807, 2.05) is 11.6 Å². The zero-order chi connectivity index (χ0) is 12.3. The third-order valence-electron chi connectivity index (χ3n) is 2.63. The molecular formula is C12H15BrN2S2. The van der Waals surface area contributed by atoms with Crippen LogP contribution in [0.4, 0.5) is 0 Å². The van der Waals surface area contributed by atoms with Crippen LogP contribution in [0.1, 0.15) is 42.2 Å². The van der Waals surface area contributed by atoms with Gasteiger partial charge in [-0.3, -0.25) is 0 Å². The molecule has 0 aliphatic heterocycles. The Morgan fingerprint density at radius 3 is 2.82 bits per heavy atom. The molecule has 0 aromatic carbocycles. The molecule has 2 aromatic rings. The van der Waals surface area contributed by atoms with E-state index in [1.165, 1.54) is 13.7 Å². The Morgan fingerprint density at radius 2 is 2.29 bits per heavy atom. The zero-order valence-corrected chi connectivity index (χ0v) is 13.0. The summed E-state index contributed by atoms with van der Waals surface area (Å²) >= 11 is 7.00. The number of hydrogen-bond acceptors (Lipinski definition) is 4. The fourth-order valence-corrected chi connectivity index (χ4v) is 3.93. The van der Waals surface area contributed by atoms with Crippen molar-refractivity contribution < 1.29 is 0 Å². The lowest BCUT2D eigenvalue weighted by Gasteiger charge is -2.19. The van der Waals surface area contributed by atoms with Crippen LogP contribution < -0.4 is 5.32 Å². The van der Waals surface area contributed by atoms with Crippen LogP contribution in [0.2, 0.25) is 0 Å². The molecule has 2 nitrogen and oxygen atoms in total. The van der Waals surface area contributed by atoms with E-state index in [-0.39, 0.29) is 0 Å². The third-order valence-corrected chi connectivity index (χ3v) is 5.33. The van der Waals surface area contributed by atoms with Crippen LogP contribution in [0.25, 0.3) is 0 Å². The monoisotopic (exact) mass is 330 g/mol. The molecule has 0 bridgehead atoms. The topological polar surface area (TPSA) is 24.9 Å². The Labute approximate surface area is 118 Å². The summed E-state index contributed by atoms with van der Waals surface area (Å²) in [7, 11) is 0. The van der Waals surface area contributed by atoms with Crippen molar-refractivity contribution in [3.05, 3.63) is 37.4 Å². The Morgan fingerprint density at radius 1 is 1.47 bits per heavy atom. The lowest BCUT2D eigenvalue weighted by Crippen LogP contribution is -2.23.